The summed E-state index contributed by atoms with van der Waals surface area (Å²) in [5, 5.41) is 14.8. The number of aryl methyl sites for hydroxylation is 1. The van der Waals surface area contributed by atoms with E-state index < -0.39 is 5.41 Å². The highest BCUT2D eigenvalue weighted by atomic mass is 16.1. The van der Waals surface area contributed by atoms with Gasteiger partial charge in [0.15, 0.2) is 0 Å². The van der Waals surface area contributed by atoms with Gasteiger partial charge in [0.1, 0.15) is 5.84 Å². The highest BCUT2D eigenvalue weighted by molar-refractivity contribution is 6.01. The summed E-state index contributed by atoms with van der Waals surface area (Å²) in [5.41, 5.74) is 2.52. The first kappa shape index (κ1) is 13.3. The van der Waals surface area contributed by atoms with Crippen molar-refractivity contribution in [3.63, 3.8) is 0 Å². The fourth-order valence-electron chi connectivity index (χ4n) is 1.96. The molecule has 0 aliphatic rings. The van der Waals surface area contributed by atoms with E-state index >= 15 is 0 Å². The number of hydrogen-bond acceptors (Lipinski definition) is 3. The Morgan fingerprint density at radius 1 is 1.42 bits per heavy atom. The van der Waals surface area contributed by atoms with Gasteiger partial charge >= 0.3 is 0 Å². The van der Waals surface area contributed by atoms with Crippen molar-refractivity contribution in [2.75, 3.05) is 0 Å². The molecule has 0 aliphatic carbocycles. The second-order valence-corrected chi connectivity index (χ2v) is 5.26. The zero-order chi connectivity index (χ0) is 14.2. The quantitative estimate of drug-likeness (QED) is 0.639. The van der Waals surface area contributed by atoms with Crippen molar-refractivity contribution >= 4 is 17.3 Å². The summed E-state index contributed by atoms with van der Waals surface area (Å²) in [5.74, 6) is -0.0442. The second kappa shape index (κ2) is 4.50. The van der Waals surface area contributed by atoms with Crippen LogP contribution in [0.1, 0.15) is 31.9 Å². The molecular weight excluding hydrogens is 240 g/mol. The molecule has 0 aliphatic heterocycles. The van der Waals surface area contributed by atoms with Gasteiger partial charge in [0.2, 0.25) is 5.91 Å². The maximum absolute atomic E-state index is 11.1. The van der Waals surface area contributed by atoms with E-state index in [1.807, 2.05) is 45.3 Å². The maximum Gasteiger partial charge on any atom is 0.222 e. The van der Waals surface area contributed by atoms with Crippen LogP contribution in [0.4, 0.5) is 0 Å². The molecule has 5 heteroatoms. The normalized spacial score (nSPS) is 11.6. The Labute approximate surface area is 112 Å². The molecule has 0 saturated carbocycles. The molecule has 2 aromatic rings. The van der Waals surface area contributed by atoms with Crippen molar-refractivity contribution in [1.82, 2.24) is 14.9 Å². The van der Waals surface area contributed by atoms with E-state index in [0.717, 1.165) is 16.6 Å². The summed E-state index contributed by atoms with van der Waals surface area (Å²) in [6.07, 6.45) is 3.71. The number of carbonyl (C=O) groups is 1. The van der Waals surface area contributed by atoms with Gasteiger partial charge in [-0.05, 0) is 38.0 Å². The van der Waals surface area contributed by atoms with E-state index in [9.17, 15) is 4.79 Å². The molecule has 0 radical (unpaired) electrons. The average Bonchev–Trinajstić information content (AvgIpc) is 2.70. The monoisotopic (exact) mass is 258 g/mol. The summed E-state index contributed by atoms with van der Waals surface area (Å²) in [6, 6.07) is 3.96. The van der Waals surface area contributed by atoms with Gasteiger partial charge in [-0.1, -0.05) is 6.07 Å². The number of pyridine rings is 1. The van der Waals surface area contributed by atoms with E-state index in [0.29, 0.717) is 0 Å². The fraction of sp³-hybridized carbons (Fsp3) is 0.357. The molecule has 2 N–H and O–H groups in total. The Kier molecular flexibility index (Phi) is 3.14. The van der Waals surface area contributed by atoms with Gasteiger partial charge in [0.05, 0.1) is 11.7 Å². The first-order valence-electron chi connectivity index (χ1n) is 6.13. The first-order valence-corrected chi connectivity index (χ1v) is 6.13. The van der Waals surface area contributed by atoms with Crippen molar-refractivity contribution in [3.8, 4) is 0 Å². The van der Waals surface area contributed by atoms with E-state index in [2.05, 4.69) is 10.4 Å². The zero-order valence-electron chi connectivity index (χ0n) is 11.6. The lowest BCUT2D eigenvalue weighted by molar-refractivity contribution is -0.117. The third-order valence-electron chi connectivity index (χ3n) is 3.36. The number of amides is 1. The molecule has 0 saturated heterocycles. The highest BCUT2D eigenvalue weighted by Crippen LogP contribution is 2.24. The average molecular weight is 258 g/mol. The van der Waals surface area contributed by atoms with Gasteiger partial charge in [-0.15, -0.1) is 0 Å². The number of amidine groups is 1. The Bertz CT molecular complexity index is 655. The standard InChI is InChI=1S/C14H18N4O/c1-9-7-16-18-8-11(5-6-12(9)18)14(3,4)13(15)17-10(2)19/h5-8H,1-4H3,(H2,15,17,19). The Hall–Kier alpha value is -2.17. The number of fused-ring (bicyclic) bond motifs is 1. The van der Waals surface area contributed by atoms with Gasteiger partial charge in [0.25, 0.3) is 0 Å². The zero-order valence-corrected chi connectivity index (χ0v) is 11.6. The molecular formula is C14H18N4O. The van der Waals surface area contributed by atoms with E-state index in [1.54, 1.807) is 4.52 Å². The van der Waals surface area contributed by atoms with Crippen LogP contribution in [-0.4, -0.2) is 21.4 Å². The molecule has 0 atom stereocenters. The fourth-order valence-corrected chi connectivity index (χ4v) is 1.96. The number of hydrogen-bond donors (Lipinski definition) is 2. The molecule has 0 fully saturated rings. The van der Waals surface area contributed by atoms with Crippen molar-refractivity contribution in [2.24, 2.45) is 0 Å². The minimum atomic E-state index is -0.570. The lowest BCUT2D eigenvalue weighted by Crippen LogP contribution is -2.41. The third-order valence-corrected chi connectivity index (χ3v) is 3.36. The number of rotatable bonds is 2. The Morgan fingerprint density at radius 2 is 2.11 bits per heavy atom. The second-order valence-electron chi connectivity index (χ2n) is 5.26. The molecule has 0 aromatic carbocycles. The van der Waals surface area contributed by atoms with Crippen molar-refractivity contribution in [2.45, 2.75) is 33.1 Å². The minimum absolute atomic E-state index is 0.184. The molecule has 2 aromatic heterocycles. The lowest BCUT2D eigenvalue weighted by atomic mass is 9.84. The topological polar surface area (TPSA) is 70.2 Å². The molecule has 1 amide bonds. The van der Waals surface area contributed by atoms with Crippen LogP contribution in [-0.2, 0) is 10.2 Å². The van der Waals surface area contributed by atoms with Gasteiger partial charge in [0, 0.05) is 18.5 Å². The highest BCUT2D eigenvalue weighted by Gasteiger charge is 2.27. The van der Waals surface area contributed by atoms with Crippen LogP contribution in [0.5, 0.6) is 0 Å². The third kappa shape index (κ3) is 2.36. The van der Waals surface area contributed by atoms with Crippen LogP contribution in [0, 0.1) is 12.3 Å². The van der Waals surface area contributed by atoms with Crippen LogP contribution in [0.2, 0.25) is 0 Å². The van der Waals surface area contributed by atoms with Gasteiger partial charge in [-0.25, -0.2) is 4.52 Å². The molecule has 5 nitrogen and oxygen atoms in total. The van der Waals surface area contributed by atoms with Crippen LogP contribution >= 0.6 is 0 Å². The summed E-state index contributed by atoms with van der Waals surface area (Å²) in [6.45, 7) is 7.22. The van der Waals surface area contributed by atoms with E-state index in [-0.39, 0.29) is 11.7 Å². The summed E-state index contributed by atoms with van der Waals surface area (Å²) in [7, 11) is 0. The molecule has 19 heavy (non-hydrogen) atoms. The largest absolute Gasteiger partial charge is 0.314 e. The molecule has 2 heterocycles. The Morgan fingerprint density at radius 3 is 2.74 bits per heavy atom. The van der Waals surface area contributed by atoms with Gasteiger partial charge in [-0.3, -0.25) is 10.2 Å². The van der Waals surface area contributed by atoms with Crippen LogP contribution in [0.3, 0.4) is 0 Å². The smallest absolute Gasteiger partial charge is 0.222 e. The predicted octanol–water partition coefficient (Wildman–Crippen LogP) is 2.03. The summed E-state index contributed by atoms with van der Waals surface area (Å²) in [4.78, 5) is 11.1. The lowest BCUT2D eigenvalue weighted by Gasteiger charge is -2.26. The summed E-state index contributed by atoms with van der Waals surface area (Å²) >= 11 is 0. The minimum Gasteiger partial charge on any atom is -0.314 e. The maximum atomic E-state index is 11.1. The SMILES string of the molecule is CC(=O)NC(=N)C(C)(C)c1ccc2c(C)cnn2c1. The molecule has 0 spiro atoms. The van der Waals surface area contributed by atoms with Gasteiger partial charge < -0.3 is 5.32 Å². The molecule has 0 bridgehead atoms. The number of nitrogens with one attached hydrogen (secondary N) is 2. The van der Waals surface area contributed by atoms with E-state index in [1.165, 1.54) is 6.92 Å². The first-order chi connectivity index (χ1) is 8.82. The van der Waals surface area contributed by atoms with Crippen LogP contribution < -0.4 is 5.32 Å². The van der Waals surface area contributed by atoms with Crippen LogP contribution in [0.15, 0.2) is 24.5 Å². The number of aromatic nitrogens is 2. The van der Waals surface area contributed by atoms with Gasteiger partial charge in [-0.2, -0.15) is 5.10 Å². The van der Waals surface area contributed by atoms with Crippen molar-refractivity contribution in [3.05, 3.63) is 35.7 Å². The van der Waals surface area contributed by atoms with Crippen molar-refractivity contribution < 1.29 is 4.79 Å². The molecule has 100 valence electrons. The molecule has 0 unspecified atom stereocenters. The van der Waals surface area contributed by atoms with E-state index in [4.69, 9.17) is 5.41 Å². The number of nitrogens with zero attached hydrogens (tertiary/aromatic N) is 2. The van der Waals surface area contributed by atoms with Crippen LogP contribution in [0.25, 0.3) is 5.52 Å². The molecule has 2 rings (SSSR count). The predicted molar refractivity (Wildman–Crippen MR) is 74.5 cm³/mol. The number of carbonyl (C=O) groups excluding carboxylic acids is 1. The summed E-state index contributed by atoms with van der Waals surface area (Å²) < 4.78 is 1.80. The Balaban J connectivity index is 2.42. The van der Waals surface area contributed by atoms with Crippen molar-refractivity contribution in [1.29, 1.82) is 5.41 Å².